The van der Waals surface area contributed by atoms with Gasteiger partial charge in [-0.15, -0.1) is 24.0 Å². The van der Waals surface area contributed by atoms with Crippen molar-refractivity contribution in [2.24, 2.45) is 4.99 Å². The van der Waals surface area contributed by atoms with Crippen molar-refractivity contribution in [3.8, 4) is 11.5 Å². The lowest BCUT2D eigenvalue weighted by atomic mass is 10.1. The van der Waals surface area contributed by atoms with Crippen molar-refractivity contribution in [1.29, 1.82) is 0 Å². The number of hydrogen-bond acceptors (Lipinski definition) is 4. The molecule has 7 nitrogen and oxygen atoms in total. The van der Waals surface area contributed by atoms with E-state index < -0.39 is 0 Å². The van der Waals surface area contributed by atoms with Crippen LogP contribution in [-0.4, -0.2) is 36.8 Å². The number of halogens is 1. The molecular weight excluding hydrogens is 505 g/mol. The molecule has 0 unspecified atom stereocenters. The predicted octanol–water partition coefficient (Wildman–Crippen LogP) is 4.34. The summed E-state index contributed by atoms with van der Waals surface area (Å²) in [5, 5.41) is 6.59. The first-order valence-electron chi connectivity index (χ1n) is 9.97. The van der Waals surface area contributed by atoms with Crippen molar-refractivity contribution < 1.29 is 9.47 Å². The standard InChI is InChI=1S/C23H29N5O2.HI/c1-24-23(27-19-11-12-20(29-2)21(16-19)30-3)26-17-22-25-13-15-28(22)14-7-10-18-8-5-4-6-9-18;/h4-6,8-9,11-13,15-16H,7,10,14,17H2,1-3H3,(H2,24,26,27);1H. The van der Waals surface area contributed by atoms with Crippen LogP contribution in [0.3, 0.4) is 0 Å². The molecule has 3 aromatic rings. The van der Waals surface area contributed by atoms with Crippen molar-refractivity contribution >= 4 is 35.6 Å². The van der Waals surface area contributed by atoms with Gasteiger partial charge in [-0.25, -0.2) is 4.98 Å². The van der Waals surface area contributed by atoms with Gasteiger partial charge in [0, 0.05) is 37.7 Å². The molecule has 0 saturated carbocycles. The van der Waals surface area contributed by atoms with Gasteiger partial charge in [-0.1, -0.05) is 30.3 Å². The second-order valence-corrected chi connectivity index (χ2v) is 6.75. The summed E-state index contributed by atoms with van der Waals surface area (Å²) in [7, 11) is 4.97. The Morgan fingerprint density at radius 1 is 1.06 bits per heavy atom. The first kappa shape index (κ1) is 24.5. The second kappa shape index (κ2) is 12.8. The Morgan fingerprint density at radius 3 is 2.55 bits per heavy atom. The first-order valence-corrected chi connectivity index (χ1v) is 9.97. The summed E-state index contributed by atoms with van der Waals surface area (Å²) in [4.78, 5) is 8.78. The zero-order valence-corrected chi connectivity index (χ0v) is 20.5. The van der Waals surface area contributed by atoms with Crippen molar-refractivity contribution in [2.75, 3.05) is 26.6 Å². The zero-order chi connectivity index (χ0) is 21.2. The van der Waals surface area contributed by atoms with Crippen LogP contribution >= 0.6 is 24.0 Å². The van der Waals surface area contributed by atoms with E-state index in [9.17, 15) is 0 Å². The van der Waals surface area contributed by atoms with Crippen LogP contribution in [0.25, 0.3) is 0 Å². The molecule has 0 bridgehead atoms. The van der Waals surface area contributed by atoms with Crippen molar-refractivity contribution in [3.63, 3.8) is 0 Å². The summed E-state index contributed by atoms with van der Waals surface area (Å²) in [6, 6.07) is 16.2. The Kier molecular flexibility index (Phi) is 10.2. The van der Waals surface area contributed by atoms with Crippen LogP contribution in [-0.2, 0) is 19.5 Å². The van der Waals surface area contributed by atoms with Crippen LogP contribution in [0, 0.1) is 0 Å². The number of nitrogens with zero attached hydrogens (tertiary/aromatic N) is 3. The van der Waals surface area contributed by atoms with Gasteiger partial charge in [0.15, 0.2) is 17.5 Å². The van der Waals surface area contributed by atoms with E-state index in [1.807, 2.05) is 36.7 Å². The lowest BCUT2D eigenvalue weighted by Crippen LogP contribution is -2.31. The van der Waals surface area contributed by atoms with Crippen LogP contribution in [0.5, 0.6) is 11.5 Å². The number of ether oxygens (including phenoxy) is 2. The molecule has 2 N–H and O–H groups in total. The van der Waals surface area contributed by atoms with Gasteiger partial charge in [0.25, 0.3) is 0 Å². The molecule has 0 atom stereocenters. The number of hydrogen-bond donors (Lipinski definition) is 2. The van der Waals surface area contributed by atoms with E-state index in [1.165, 1.54) is 5.56 Å². The SMILES string of the molecule is CN=C(NCc1nccn1CCCc1ccccc1)Nc1ccc(OC)c(OC)c1.I. The van der Waals surface area contributed by atoms with Crippen LogP contribution in [0.2, 0.25) is 0 Å². The van der Waals surface area contributed by atoms with Gasteiger partial charge < -0.3 is 24.7 Å². The monoisotopic (exact) mass is 535 g/mol. The molecular formula is C23H30IN5O2. The van der Waals surface area contributed by atoms with E-state index >= 15 is 0 Å². The number of nitrogens with one attached hydrogen (secondary N) is 2. The topological polar surface area (TPSA) is 72.7 Å². The average Bonchev–Trinajstić information content (AvgIpc) is 3.24. The van der Waals surface area contributed by atoms with E-state index in [0.717, 1.165) is 30.9 Å². The minimum absolute atomic E-state index is 0. The molecule has 0 aliphatic heterocycles. The fourth-order valence-corrected chi connectivity index (χ4v) is 3.20. The van der Waals surface area contributed by atoms with E-state index in [4.69, 9.17) is 9.47 Å². The molecule has 166 valence electrons. The summed E-state index contributed by atoms with van der Waals surface area (Å²) < 4.78 is 12.8. The molecule has 0 aliphatic carbocycles. The van der Waals surface area contributed by atoms with Crippen molar-refractivity contribution in [3.05, 3.63) is 72.3 Å². The van der Waals surface area contributed by atoms with Crippen molar-refractivity contribution in [2.45, 2.75) is 25.9 Å². The minimum Gasteiger partial charge on any atom is -0.493 e. The molecule has 0 radical (unpaired) electrons. The lowest BCUT2D eigenvalue weighted by molar-refractivity contribution is 0.355. The van der Waals surface area contributed by atoms with Gasteiger partial charge >= 0.3 is 0 Å². The molecule has 1 heterocycles. The molecule has 3 rings (SSSR count). The smallest absolute Gasteiger partial charge is 0.195 e. The number of guanidine groups is 1. The molecule has 8 heteroatoms. The number of aliphatic imine (C=N–C) groups is 1. The van der Waals surface area contributed by atoms with Gasteiger partial charge in [-0.3, -0.25) is 4.99 Å². The van der Waals surface area contributed by atoms with E-state index in [2.05, 4.69) is 49.4 Å². The highest BCUT2D eigenvalue weighted by Gasteiger charge is 2.08. The van der Waals surface area contributed by atoms with E-state index in [1.54, 1.807) is 21.3 Å². The maximum atomic E-state index is 5.36. The highest BCUT2D eigenvalue weighted by atomic mass is 127. The molecule has 31 heavy (non-hydrogen) atoms. The Hall–Kier alpha value is -2.75. The first-order chi connectivity index (χ1) is 14.7. The van der Waals surface area contributed by atoms with Gasteiger partial charge in [0.05, 0.1) is 20.8 Å². The van der Waals surface area contributed by atoms with E-state index in [-0.39, 0.29) is 24.0 Å². The van der Waals surface area contributed by atoms with Gasteiger partial charge in [-0.05, 0) is 30.5 Å². The normalized spacial score (nSPS) is 10.9. The highest BCUT2D eigenvalue weighted by Crippen LogP contribution is 2.29. The zero-order valence-electron chi connectivity index (χ0n) is 18.2. The molecule has 0 aliphatic rings. The molecule has 1 aromatic heterocycles. The third-order valence-corrected chi connectivity index (χ3v) is 4.79. The fourth-order valence-electron chi connectivity index (χ4n) is 3.20. The molecule has 0 spiro atoms. The molecule has 2 aromatic carbocycles. The number of rotatable bonds is 9. The third kappa shape index (κ3) is 7.16. The quantitative estimate of drug-likeness (QED) is 0.243. The largest absolute Gasteiger partial charge is 0.493 e. The highest BCUT2D eigenvalue weighted by molar-refractivity contribution is 14.0. The van der Waals surface area contributed by atoms with Crippen LogP contribution in [0.15, 0.2) is 65.9 Å². The summed E-state index contributed by atoms with van der Waals surface area (Å²) in [6.45, 7) is 1.50. The van der Waals surface area contributed by atoms with Crippen LogP contribution in [0.1, 0.15) is 17.8 Å². The Morgan fingerprint density at radius 2 is 1.84 bits per heavy atom. The third-order valence-electron chi connectivity index (χ3n) is 4.79. The summed E-state index contributed by atoms with van der Waals surface area (Å²) in [6.07, 6.45) is 5.97. The lowest BCUT2D eigenvalue weighted by Gasteiger charge is -2.14. The number of aryl methyl sites for hydroxylation is 2. The summed E-state index contributed by atoms with van der Waals surface area (Å²) in [5.74, 6) is 2.97. The minimum atomic E-state index is 0. The average molecular weight is 535 g/mol. The number of anilines is 1. The number of methoxy groups -OCH3 is 2. The van der Waals surface area contributed by atoms with Gasteiger partial charge in [0.2, 0.25) is 0 Å². The summed E-state index contributed by atoms with van der Waals surface area (Å²) >= 11 is 0. The van der Waals surface area contributed by atoms with Crippen molar-refractivity contribution in [1.82, 2.24) is 14.9 Å². The van der Waals surface area contributed by atoms with Crippen LogP contribution < -0.4 is 20.1 Å². The van der Waals surface area contributed by atoms with Crippen LogP contribution in [0.4, 0.5) is 5.69 Å². The fraction of sp³-hybridized carbons (Fsp3) is 0.304. The molecule has 0 amide bonds. The molecule has 0 saturated heterocycles. The Labute approximate surface area is 200 Å². The van der Waals surface area contributed by atoms with Gasteiger partial charge in [0.1, 0.15) is 5.82 Å². The Balaban J connectivity index is 0.00000341. The van der Waals surface area contributed by atoms with Gasteiger partial charge in [-0.2, -0.15) is 0 Å². The maximum Gasteiger partial charge on any atom is 0.195 e. The number of benzene rings is 2. The number of imidazole rings is 1. The Bertz CT molecular complexity index is 960. The second-order valence-electron chi connectivity index (χ2n) is 6.75. The number of aromatic nitrogens is 2. The maximum absolute atomic E-state index is 5.36. The predicted molar refractivity (Wildman–Crippen MR) is 136 cm³/mol. The van der Waals surface area contributed by atoms with E-state index in [0.29, 0.717) is 24.0 Å². The summed E-state index contributed by atoms with van der Waals surface area (Å²) in [5.41, 5.74) is 2.21. The molecule has 0 fully saturated rings.